The molecule has 1 unspecified atom stereocenters. The number of carbonyl (C=O) groups is 4. The molecule has 1 aromatic carbocycles. The number of benzene rings is 1. The van der Waals surface area contributed by atoms with E-state index in [4.69, 9.17) is 4.42 Å². The molecule has 2 fully saturated rings. The van der Waals surface area contributed by atoms with Crippen molar-refractivity contribution in [1.29, 1.82) is 0 Å². The number of piperazine rings is 2. The highest BCUT2D eigenvalue weighted by molar-refractivity contribution is 5.97. The van der Waals surface area contributed by atoms with Crippen LogP contribution < -0.4 is 10.6 Å². The van der Waals surface area contributed by atoms with Gasteiger partial charge in [0.2, 0.25) is 17.7 Å². The molecule has 3 heterocycles. The number of rotatable bonds is 7. The Hall–Kier alpha value is -3.66. The first-order valence-corrected chi connectivity index (χ1v) is 12.0. The molecule has 1 atom stereocenters. The second-order valence-electron chi connectivity index (χ2n) is 8.74. The van der Waals surface area contributed by atoms with Gasteiger partial charge < -0.3 is 24.9 Å². The van der Waals surface area contributed by atoms with Crippen molar-refractivity contribution in [3.05, 3.63) is 54.0 Å². The summed E-state index contributed by atoms with van der Waals surface area (Å²) >= 11 is 0. The molecule has 4 amide bonds. The van der Waals surface area contributed by atoms with Crippen LogP contribution in [0.15, 0.2) is 47.1 Å². The molecule has 10 heteroatoms. The van der Waals surface area contributed by atoms with Crippen LogP contribution in [0.2, 0.25) is 0 Å². The Kier molecular flexibility index (Phi) is 7.81. The minimum absolute atomic E-state index is 0.113. The summed E-state index contributed by atoms with van der Waals surface area (Å²) in [5, 5.41) is 5.57. The Labute approximate surface area is 204 Å². The second-order valence-corrected chi connectivity index (χ2v) is 8.74. The molecule has 0 aliphatic carbocycles. The van der Waals surface area contributed by atoms with Crippen LogP contribution in [0.25, 0.3) is 0 Å². The number of nitrogens with zero attached hydrogens (tertiary/aromatic N) is 3. The molecule has 186 valence electrons. The van der Waals surface area contributed by atoms with Crippen LogP contribution in [0, 0.1) is 0 Å². The Balaban J connectivity index is 1.30. The van der Waals surface area contributed by atoms with E-state index >= 15 is 0 Å². The Morgan fingerprint density at radius 2 is 1.80 bits per heavy atom. The van der Waals surface area contributed by atoms with Gasteiger partial charge in [0.25, 0.3) is 5.91 Å². The average Bonchev–Trinajstić information content (AvgIpc) is 3.41. The average molecular weight is 482 g/mol. The van der Waals surface area contributed by atoms with E-state index in [-0.39, 0.29) is 36.6 Å². The molecule has 2 aliphatic heterocycles. The summed E-state index contributed by atoms with van der Waals surface area (Å²) in [5.74, 6) is -0.703. The number of furan rings is 1. The first-order valence-electron chi connectivity index (χ1n) is 12.0. The van der Waals surface area contributed by atoms with Crippen molar-refractivity contribution in [3.8, 4) is 0 Å². The number of nitrogens with one attached hydrogen (secondary N) is 2. The van der Waals surface area contributed by atoms with E-state index in [1.54, 1.807) is 17.0 Å². The van der Waals surface area contributed by atoms with E-state index in [2.05, 4.69) is 17.6 Å². The van der Waals surface area contributed by atoms with E-state index in [1.165, 1.54) is 11.2 Å². The molecule has 10 nitrogen and oxygen atoms in total. The molecule has 0 saturated carbocycles. The Morgan fingerprint density at radius 3 is 2.46 bits per heavy atom. The predicted molar refractivity (Wildman–Crippen MR) is 129 cm³/mol. The van der Waals surface area contributed by atoms with Crippen molar-refractivity contribution in [2.45, 2.75) is 25.8 Å². The third-order valence-electron chi connectivity index (χ3n) is 6.43. The zero-order valence-corrected chi connectivity index (χ0v) is 19.9. The molecule has 1 aromatic heterocycles. The number of amides is 4. The molecule has 0 spiro atoms. The van der Waals surface area contributed by atoms with Crippen molar-refractivity contribution in [3.63, 3.8) is 0 Å². The fraction of sp³-hybridized carbons (Fsp3) is 0.440. The van der Waals surface area contributed by atoms with E-state index < -0.39 is 6.04 Å². The fourth-order valence-electron chi connectivity index (χ4n) is 4.37. The predicted octanol–water partition coefficient (Wildman–Crippen LogP) is 0.956. The van der Waals surface area contributed by atoms with Crippen molar-refractivity contribution in [1.82, 2.24) is 20.0 Å². The molecular formula is C25H31N5O5. The molecule has 2 aliphatic rings. The summed E-state index contributed by atoms with van der Waals surface area (Å²) in [7, 11) is 0. The lowest BCUT2D eigenvalue weighted by Gasteiger charge is -2.38. The van der Waals surface area contributed by atoms with Crippen molar-refractivity contribution in [2.75, 3.05) is 51.1 Å². The van der Waals surface area contributed by atoms with Gasteiger partial charge in [0.15, 0.2) is 5.76 Å². The van der Waals surface area contributed by atoms with Gasteiger partial charge in [0, 0.05) is 45.0 Å². The van der Waals surface area contributed by atoms with Gasteiger partial charge in [-0.05, 0) is 36.2 Å². The second kappa shape index (κ2) is 11.2. The normalized spacial score (nSPS) is 18.8. The third kappa shape index (κ3) is 6.07. The van der Waals surface area contributed by atoms with Crippen molar-refractivity contribution < 1.29 is 23.6 Å². The van der Waals surface area contributed by atoms with Gasteiger partial charge in [-0.25, -0.2) is 0 Å². The highest BCUT2D eigenvalue weighted by atomic mass is 16.3. The first kappa shape index (κ1) is 24.5. The van der Waals surface area contributed by atoms with Crippen LogP contribution in [0.3, 0.4) is 0 Å². The third-order valence-corrected chi connectivity index (χ3v) is 6.43. The molecule has 0 bridgehead atoms. The minimum atomic E-state index is -0.854. The SMILES string of the molecule is CCc1ccc(NC(=O)CC2C(=O)NCCN2C(=O)CN2CCN(C(=O)c3ccco3)CC2)cc1. The molecule has 4 rings (SSSR count). The van der Waals surface area contributed by atoms with Gasteiger partial charge in [0.1, 0.15) is 6.04 Å². The Bertz CT molecular complexity index is 1040. The zero-order chi connectivity index (χ0) is 24.8. The maximum atomic E-state index is 13.1. The first-order chi connectivity index (χ1) is 16.9. The number of aryl methyl sites for hydroxylation is 1. The quantitative estimate of drug-likeness (QED) is 0.609. The number of anilines is 1. The maximum Gasteiger partial charge on any atom is 0.289 e. The highest BCUT2D eigenvalue weighted by Gasteiger charge is 2.35. The number of hydrogen-bond donors (Lipinski definition) is 2. The largest absolute Gasteiger partial charge is 0.459 e. The lowest BCUT2D eigenvalue weighted by atomic mass is 10.1. The molecule has 35 heavy (non-hydrogen) atoms. The Morgan fingerprint density at radius 1 is 1.06 bits per heavy atom. The summed E-state index contributed by atoms with van der Waals surface area (Å²) in [6, 6.07) is 10.0. The van der Waals surface area contributed by atoms with Crippen molar-refractivity contribution >= 4 is 29.3 Å². The van der Waals surface area contributed by atoms with Crippen LogP contribution in [0.5, 0.6) is 0 Å². The fourth-order valence-corrected chi connectivity index (χ4v) is 4.37. The van der Waals surface area contributed by atoms with Crippen LogP contribution in [-0.2, 0) is 20.8 Å². The summed E-state index contributed by atoms with van der Waals surface area (Å²) in [6.07, 6.45) is 2.26. The maximum absolute atomic E-state index is 13.1. The smallest absolute Gasteiger partial charge is 0.289 e. The van der Waals surface area contributed by atoms with Crippen LogP contribution >= 0.6 is 0 Å². The summed E-state index contributed by atoms with van der Waals surface area (Å²) in [5.41, 5.74) is 1.82. The number of carbonyl (C=O) groups excluding carboxylic acids is 4. The molecule has 0 radical (unpaired) electrons. The topological polar surface area (TPSA) is 115 Å². The standard InChI is InChI=1S/C25H31N5O5/c1-2-18-5-7-19(8-6-18)27-22(31)16-20-24(33)26-9-10-30(20)23(32)17-28-11-13-29(14-12-28)25(34)21-4-3-15-35-21/h3-8,15,20H,2,9-14,16-17H2,1H3,(H,26,33)(H,27,31). The van der Waals surface area contributed by atoms with E-state index in [0.717, 1.165) is 12.0 Å². The minimum Gasteiger partial charge on any atom is -0.459 e. The highest BCUT2D eigenvalue weighted by Crippen LogP contribution is 2.15. The van der Waals surface area contributed by atoms with Gasteiger partial charge in [-0.3, -0.25) is 24.1 Å². The summed E-state index contributed by atoms with van der Waals surface area (Å²) < 4.78 is 5.18. The van der Waals surface area contributed by atoms with Gasteiger partial charge >= 0.3 is 0 Å². The molecule has 2 saturated heterocycles. The zero-order valence-electron chi connectivity index (χ0n) is 19.9. The van der Waals surface area contributed by atoms with Gasteiger partial charge in [-0.15, -0.1) is 0 Å². The van der Waals surface area contributed by atoms with E-state index in [1.807, 2.05) is 29.2 Å². The molecule has 2 aromatic rings. The summed E-state index contributed by atoms with van der Waals surface area (Å²) in [6.45, 7) is 4.94. The van der Waals surface area contributed by atoms with Gasteiger partial charge in [0.05, 0.1) is 19.2 Å². The van der Waals surface area contributed by atoms with Crippen LogP contribution in [0.1, 0.15) is 29.5 Å². The number of hydrogen-bond acceptors (Lipinski definition) is 6. The summed E-state index contributed by atoms with van der Waals surface area (Å²) in [4.78, 5) is 55.9. The van der Waals surface area contributed by atoms with Crippen LogP contribution in [-0.4, -0.2) is 90.2 Å². The van der Waals surface area contributed by atoms with E-state index in [0.29, 0.717) is 50.7 Å². The van der Waals surface area contributed by atoms with Crippen LogP contribution in [0.4, 0.5) is 5.69 Å². The monoisotopic (exact) mass is 481 g/mol. The van der Waals surface area contributed by atoms with E-state index in [9.17, 15) is 19.2 Å². The van der Waals surface area contributed by atoms with Crippen molar-refractivity contribution in [2.24, 2.45) is 0 Å². The lowest BCUT2D eigenvalue weighted by molar-refractivity contribution is -0.145. The van der Waals surface area contributed by atoms with Gasteiger partial charge in [-0.1, -0.05) is 19.1 Å². The molecule has 2 N–H and O–H groups in total. The molecular weight excluding hydrogens is 450 g/mol. The lowest BCUT2D eigenvalue weighted by Crippen LogP contribution is -2.60. The van der Waals surface area contributed by atoms with Gasteiger partial charge in [-0.2, -0.15) is 0 Å².